The van der Waals surface area contributed by atoms with Crippen LogP contribution < -0.4 is 5.73 Å². The van der Waals surface area contributed by atoms with Gasteiger partial charge in [-0.05, 0) is 42.6 Å². The van der Waals surface area contributed by atoms with Crippen LogP contribution in [0.1, 0.15) is 30.0 Å². The lowest BCUT2D eigenvalue weighted by Gasteiger charge is -2.21. The third-order valence-corrected chi connectivity index (χ3v) is 5.33. The Bertz CT molecular complexity index is 527. The lowest BCUT2D eigenvalue weighted by molar-refractivity contribution is 0.634. The second-order valence-electron chi connectivity index (χ2n) is 4.27. The fourth-order valence-electron chi connectivity index (χ4n) is 1.70. The van der Waals surface area contributed by atoms with Crippen LogP contribution in [0, 0.1) is 6.92 Å². The minimum absolute atomic E-state index is 0.0791. The summed E-state index contributed by atoms with van der Waals surface area (Å²) in [5.74, 6) is 0.812. The molecule has 3 nitrogen and oxygen atoms in total. The molecule has 1 heterocycles. The van der Waals surface area contributed by atoms with Crippen molar-refractivity contribution in [2.45, 2.75) is 35.9 Å². The molecule has 0 bridgehead atoms. The van der Waals surface area contributed by atoms with Crippen molar-refractivity contribution in [1.82, 2.24) is 9.36 Å². The molecule has 19 heavy (non-hydrogen) atoms. The number of thioether (sulfide) groups is 1. The third-order valence-electron chi connectivity index (χ3n) is 2.80. The van der Waals surface area contributed by atoms with E-state index < -0.39 is 0 Å². The zero-order valence-electron chi connectivity index (χ0n) is 10.8. The first kappa shape index (κ1) is 14.8. The summed E-state index contributed by atoms with van der Waals surface area (Å²) < 4.78 is 5.17. The highest BCUT2D eigenvalue weighted by atomic mass is 35.5. The molecule has 2 N–H and O–H groups in total. The predicted molar refractivity (Wildman–Crippen MR) is 83.0 cm³/mol. The molecule has 0 amide bonds. The standard InChI is InChI=1S/C13H16ClN3S2/c1-3-11(15)12(9-4-6-10(14)7-5-9)18-13-16-8(2)17-19-13/h4-7,11-12H,3,15H2,1-2H3. The largest absolute Gasteiger partial charge is 0.326 e. The second-order valence-corrected chi connectivity index (χ2v) is 6.85. The van der Waals surface area contributed by atoms with E-state index in [0.717, 1.165) is 21.6 Å². The number of halogens is 1. The normalized spacial score (nSPS) is 14.3. The SMILES string of the molecule is CCC(N)C(Sc1nc(C)ns1)c1ccc(Cl)cc1. The molecule has 0 aliphatic carbocycles. The summed E-state index contributed by atoms with van der Waals surface area (Å²) in [5.41, 5.74) is 7.42. The third kappa shape index (κ3) is 3.92. The first-order chi connectivity index (χ1) is 9.10. The van der Waals surface area contributed by atoms with E-state index in [4.69, 9.17) is 17.3 Å². The van der Waals surface area contributed by atoms with Crippen molar-refractivity contribution in [2.75, 3.05) is 0 Å². The van der Waals surface area contributed by atoms with Gasteiger partial charge in [-0.15, -0.1) is 0 Å². The summed E-state index contributed by atoms with van der Waals surface area (Å²) in [4.78, 5) is 4.40. The summed E-state index contributed by atoms with van der Waals surface area (Å²) >= 11 is 9.04. The summed E-state index contributed by atoms with van der Waals surface area (Å²) in [6, 6.07) is 7.94. The van der Waals surface area contributed by atoms with Crippen molar-refractivity contribution < 1.29 is 0 Å². The Hall–Kier alpha value is -0.620. The van der Waals surface area contributed by atoms with E-state index in [1.807, 2.05) is 31.2 Å². The molecule has 0 aliphatic heterocycles. The number of benzene rings is 1. The van der Waals surface area contributed by atoms with Crippen LogP contribution in [0.2, 0.25) is 5.02 Å². The molecule has 1 aromatic carbocycles. The quantitative estimate of drug-likeness (QED) is 0.845. The maximum atomic E-state index is 6.24. The molecule has 0 saturated heterocycles. The van der Waals surface area contributed by atoms with Gasteiger partial charge >= 0.3 is 0 Å². The van der Waals surface area contributed by atoms with Crippen LogP contribution in [0.25, 0.3) is 0 Å². The van der Waals surface area contributed by atoms with Crippen LogP contribution in [0.5, 0.6) is 0 Å². The zero-order valence-corrected chi connectivity index (χ0v) is 13.2. The highest BCUT2D eigenvalue weighted by Crippen LogP contribution is 2.39. The Balaban J connectivity index is 2.23. The van der Waals surface area contributed by atoms with Gasteiger partial charge in [-0.1, -0.05) is 42.4 Å². The Morgan fingerprint density at radius 3 is 2.58 bits per heavy atom. The minimum Gasteiger partial charge on any atom is -0.326 e. The highest BCUT2D eigenvalue weighted by Gasteiger charge is 2.21. The first-order valence-corrected chi connectivity index (χ1v) is 8.11. The number of rotatable bonds is 5. The van der Waals surface area contributed by atoms with Crippen LogP contribution >= 0.6 is 34.9 Å². The van der Waals surface area contributed by atoms with Gasteiger partial charge in [0.05, 0.1) is 5.25 Å². The van der Waals surface area contributed by atoms with Gasteiger partial charge in [0, 0.05) is 11.1 Å². The van der Waals surface area contributed by atoms with Crippen molar-refractivity contribution in [1.29, 1.82) is 0 Å². The molecule has 0 aliphatic rings. The van der Waals surface area contributed by atoms with Gasteiger partial charge in [-0.25, -0.2) is 4.98 Å². The smallest absolute Gasteiger partial charge is 0.170 e. The number of hydrogen-bond donors (Lipinski definition) is 1. The number of hydrogen-bond acceptors (Lipinski definition) is 5. The second kappa shape index (κ2) is 6.70. The summed E-state index contributed by atoms with van der Waals surface area (Å²) in [6.45, 7) is 4.00. The van der Waals surface area contributed by atoms with Gasteiger partial charge in [-0.3, -0.25) is 0 Å². The average Bonchev–Trinajstić information content (AvgIpc) is 2.82. The minimum atomic E-state index is 0.0791. The highest BCUT2D eigenvalue weighted by molar-refractivity contribution is 8.01. The van der Waals surface area contributed by atoms with Crippen molar-refractivity contribution >= 4 is 34.9 Å². The molecule has 0 saturated carbocycles. The Morgan fingerprint density at radius 2 is 2.05 bits per heavy atom. The Kier molecular flexibility index (Phi) is 5.21. The van der Waals surface area contributed by atoms with Crippen LogP contribution in [0.3, 0.4) is 0 Å². The zero-order chi connectivity index (χ0) is 13.8. The molecule has 1 aromatic heterocycles. The number of aryl methyl sites for hydroxylation is 1. The molecule has 0 spiro atoms. The van der Waals surface area contributed by atoms with E-state index in [2.05, 4.69) is 16.3 Å². The number of aromatic nitrogens is 2. The van der Waals surface area contributed by atoms with E-state index in [1.54, 1.807) is 11.8 Å². The van der Waals surface area contributed by atoms with Gasteiger partial charge in [0.25, 0.3) is 0 Å². The molecule has 6 heteroatoms. The lowest BCUT2D eigenvalue weighted by atomic mass is 10.0. The van der Waals surface area contributed by atoms with E-state index >= 15 is 0 Å². The molecule has 0 fully saturated rings. The molecule has 102 valence electrons. The maximum Gasteiger partial charge on any atom is 0.170 e. The lowest BCUT2D eigenvalue weighted by Crippen LogP contribution is -2.25. The van der Waals surface area contributed by atoms with Gasteiger partial charge in [-0.2, -0.15) is 4.37 Å². The first-order valence-electron chi connectivity index (χ1n) is 6.08. The maximum absolute atomic E-state index is 6.24. The molecule has 2 atom stereocenters. The fraction of sp³-hybridized carbons (Fsp3) is 0.385. The van der Waals surface area contributed by atoms with Crippen molar-refractivity contribution in [2.24, 2.45) is 5.73 Å². The van der Waals surface area contributed by atoms with Crippen LogP contribution in [0.15, 0.2) is 28.6 Å². The molecular formula is C13H16ClN3S2. The van der Waals surface area contributed by atoms with E-state index in [-0.39, 0.29) is 11.3 Å². The van der Waals surface area contributed by atoms with Crippen LogP contribution in [0.4, 0.5) is 0 Å². The monoisotopic (exact) mass is 313 g/mol. The van der Waals surface area contributed by atoms with Crippen LogP contribution in [-0.4, -0.2) is 15.4 Å². The number of nitrogens with two attached hydrogens (primary N) is 1. The van der Waals surface area contributed by atoms with Crippen LogP contribution in [-0.2, 0) is 0 Å². The van der Waals surface area contributed by atoms with Gasteiger partial charge in [0.15, 0.2) is 4.34 Å². The van der Waals surface area contributed by atoms with E-state index in [0.29, 0.717) is 0 Å². The summed E-state index contributed by atoms with van der Waals surface area (Å²) in [6.07, 6.45) is 0.915. The van der Waals surface area contributed by atoms with Crippen molar-refractivity contribution in [3.05, 3.63) is 40.7 Å². The predicted octanol–water partition coefficient (Wildman–Crippen LogP) is 4.07. The van der Waals surface area contributed by atoms with Gasteiger partial charge in [0.2, 0.25) is 0 Å². The number of nitrogens with zero attached hydrogens (tertiary/aromatic N) is 2. The molecule has 2 rings (SSSR count). The van der Waals surface area contributed by atoms with Crippen molar-refractivity contribution in [3.63, 3.8) is 0 Å². The Morgan fingerprint density at radius 1 is 1.37 bits per heavy atom. The molecule has 2 aromatic rings. The van der Waals surface area contributed by atoms with Crippen molar-refractivity contribution in [3.8, 4) is 0 Å². The average molecular weight is 314 g/mol. The van der Waals surface area contributed by atoms with E-state index in [9.17, 15) is 0 Å². The molecule has 0 radical (unpaired) electrons. The van der Waals surface area contributed by atoms with Gasteiger partial charge in [0.1, 0.15) is 5.82 Å². The molecular weight excluding hydrogens is 298 g/mol. The summed E-state index contributed by atoms with van der Waals surface area (Å²) in [7, 11) is 0. The fourth-order valence-corrected chi connectivity index (χ4v) is 3.91. The van der Waals surface area contributed by atoms with E-state index in [1.165, 1.54) is 17.1 Å². The van der Waals surface area contributed by atoms with Gasteiger partial charge < -0.3 is 5.73 Å². The topological polar surface area (TPSA) is 51.8 Å². The Labute approximate surface area is 126 Å². The molecule has 2 unspecified atom stereocenters. The summed E-state index contributed by atoms with van der Waals surface area (Å²) in [5, 5.41) is 0.916.